The fourth-order valence-corrected chi connectivity index (χ4v) is 1.58. The SMILES string of the molecule is C=CCC(C(=O)c1ccc(O)c(O)c1)N(C)C. The lowest BCUT2D eigenvalue weighted by atomic mass is 10.0. The van der Waals surface area contributed by atoms with Crippen LogP contribution in [0.4, 0.5) is 0 Å². The van der Waals surface area contributed by atoms with E-state index in [1.54, 1.807) is 11.0 Å². The van der Waals surface area contributed by atoms with Gasteiger partial charge in [-0.05, 0) is 38.7 Å². The molecule has 4 heteroatoms. The lowest BCUT2D eigenvalue weighted by Gasteiger charge is -2.21. The van der Waals surface area contributed by atoms with Crippen molar-refractivity contribution < 1.29 is 15.0 Å². The maximum Gasteiger partial charge on any atom is 0.180 e. The molecule has 1 aromatic rings. The summed E-state index contributed by atoms with van der Waals surface area (Å²) in [5, 5.41) is 18.6. The van der Waals surface area contributed by atoms with Gasteiger partial charge in [0.1, 0.15) is 0 Å². The number of hydrogen-bond acceptors (Lipinski definition) is 4. The maximum absolute atomic E-state index is 12.2. The lowest BCUT2D eigenvalue weighted by molar-refractivity contribution is 0.0877. The van der Waals surface area contributed by atoms with Gasteiger partial charge in [-0.2, -0.15) is 0 Å². The fourth-order valence-electron chi connectivity index (χ4n) is 1.58. The highest BCUT2D eigenvalue weighted by molar-refractivity contribution is 6.00. The van der Waals surface area contributed by atoms with Gasteiger partial charge in [-0.1, -0.05) is 6.08 Å². The third-order valence-electron chi connectivity index (χ3n) is 2.58. The standard InChI is InChI=1S/C13H17NO3/c1-4-5-10(14(2)3)13(17)9-6-7-11(15)12(16)8-9/h4,6-8,10,15-16H,1,5H2,2-3H3. The Morgan fingerprint density at radius 1 is 1.41 bits per heavy atom. The molecule has 1 unspecified atom stereocenters. The van der Waals surface area contributed by atoms with Crippen LogP contribution in [-0.4, -0.2) is 41.0 Å². The number of Topliss-reactive ketones (excluding diaryl/α,β-unsaturated/α-hetero) is 1. The minimum Gasteiger partial charge on any atom is -0.504 e. The summed E-state index contributed by atoms with van der Waals surface area (Å²) in [6.07, 6.45) is 2.22. The molecule has 4 nitrogen and oxygen atoms in total. The van der Waals surface area contributed by atoms with Crippen molar-refractivity contribution in [1.29, 1.82) is 0 Å². The molecule has 1 rings (SSSR count). The zero-order valence-corrected chi connectivity index (χ0v) is 10.1. The predicted molar refractivity (Wildman–Crippen MR) is 66.4 cm³/mol. The van der Waals surface area contributed by atoms with E-state index in [9.17, 15) is 15.0 Å². The quantitative estimate of drug-likeness (QED) is 0.464. The van der Waals surface area contributed by atoms with Crippen molar-refractivity contribution in [1.82, 2.24) is 4.90 Å². The van der Waals surface area contributed by atoms with E-state index >= 15 is 0 Å². The van der Waals surface area contributed by atoms with Crippen molar-refractivity contribution in [3.05, 3.63) is 36.4 Å². The van der Waals surface area contributed by atoms with Crippen LogP contribution < -0.4 is 0 Å². The summed E-state index contributed by atoms with van der Waals surface area (Å²) in [7, 11) is 3.62. The molecule has 0 bridgehead atoms. The number of phenolic OH excluding ortho intramolecular Hbond substituents is 2. The van der Waals surface area contributed by atoms with E-state index in [2.05, 4.69) is 6.58 Å². The van der Waals surface area contributed by atoms with E-state index in [0.29, 0.717) is 12.0 Å². The smallest absolute Gasteiger partial charge is 0.180 e. The van der Waals surface area contributed by atoms with Crippen molar-refractivity contribution in [2.24, 2.45) is 0 Å². The minimum absolute atomic E-state index is 0.106. The molecular formula is C13H17NO3. The number of carbonyl (C=O) groups is 1. The van der Waals surface area contributed by atoms with Gasteiger partial charge in [0, 0.05) is 5.56 Å². The fraction of sp³-hybridized carbons (Fsp3) is 0.308. The molecule has 1 atom stereocenters. The molecule has 0 aliphatic heterocycles. The zero-order chi connectivity index (χ0) is 13.0. The number of rotatable bonds is 5. The highest BCUT2D eigenvalue weighted by Crippen LogP contribution is 2.26. The van der Waals surface area contributed by atoms with Gasteiger partial charge >= 0.3 is 0 Å². The number of benzene rings is 1. The van der Waals surface area contributed by atoms with Crippen LogP contribution in [0.5, 0.6) is 11.5 Å². The van der Waals surface area contributed by atoms with Crippen LogP contribution in [0.2, 0.25) is 0 Å². The Kier molecular flexibility index (Phi) is 4.29. The number of likely N-dealkylation sites (N-methyl/N-ethyl adjacent to an activating group) is 1. The van der Waals surface area contributed by atoms with E-state index in [1.807, 2.05) is 14.1 Å². The van der Waals surface area contributed by atoms with Crippen LogP contribution in [0.15, 0.2) is 30.9 Å². The molecule has 1 aromatic carbocycles. The van der Waals surface area contributed by atoms with E-state index < -0.39 is 0 Å². The van der Waals surface area contributed by atoms with Gasteiger partial charge in [-0.3, -0.25) is 9.69 Å². The van der Waals surface area contributed by atoms with Gasteiger partial charge in [0.05, 0.1) is 6.04 Å². The largest absolute Gasteiger partial charge is 0.504 e. The Hall–Kier alpha value is -1.81. The first-order valence-corrected chi connectivity index (χ1v) is 5.31. The molecule has 0 saturated carbocycles. The summed E-state index contributed by atoms with van der Waals surface area (Å²) in [5.74, 6) is -0.621. The Balaban J connectivity index is 3.00. The van der Waals surface area contributed by atoms with Gasteiger partial charge in [-0.15, -0.1) is 6.58 Å². The molecular weight excluding hydrogens is 218 g/mol. The number of nitrogens with zero attached hydrogens (tertiary/aromatic N) is 1. The normalized spacial score (nSPS) is 12.4. The van der Waals surface area contributed by atoms with Crippen molar-refractivity contribution >= 4 is 5.78 Å². The van der Waals surface area contributed by atoms with Crippen LogP contribution in [0.1, 0.15) is 16.8 Å². The summed E-state index contributed by atoms with van der Waals surface area (Å²) >= 11 is 0. The van der Waals surface area contributed by atoms with Gasteiger partial charge in [0.25, 0.3) is 0 Å². The number of hydrogen-bond donors (Lipinski definition) is 2. The first-order valence-electron chi connectivity index (χ1n) is 5.31. The molecule has 0 spiro atoms. The van der Waals surface area contributed by atoms with E-state index in [-0.39, 0.29) is 23.3 Å². The van der Waals surface area contributed by atoms with Gasteiger partial charge < -0.3 is 10.2 Å². The molecule has 17 heavy (non-hydrogen) atoms. The first-order chi connectivity index (χ1) is 7.97. The second-order valence-corrected chi connectivity index (χ2v) is 4.07. The average Bonchev–Trinajstić information content (AvgIpc) is 2.28. The van der Waals surface area contributed by atoms with Crippen LogP contribution in [-0.2, 0) is 0 Å². The number of carbonyl (C=O) groups excluding carboxylic acids is 1. The Labute approximate surface area is 101 Å². The molecule has 0 aromatic heterocycles. The molecule has 0 amide bonds. The molecule has 0 aliphatic rings. The third kappa shape index (κ3) is 3.07. The van der Waals surface area contributed by atoms with Crippen molar-refractivity contribution in [3.8, 4) is 11.5 Å². The zero-order valence-electron chi connectivity index (χ0n) is 10.1. The molecule has 0 radical (unpaired) electrons. The maximum atomic E-state index is 12.2. The van der Waals surface area contributed by atoms with E-state index in [0.717, 1.165) is 0 Å². The van der Waals surface area contributed by atoms with Gasteiger partial charge in [0.15, 0.2) is 17.3 Å². The second kappa shape index (κ2) is 5.50. The summed E-state index contributed by atoms with van der Waals surface area (Å²) in [4.78, 5) is 14.0. The van der Waals surface area contributed by atoms with E-state index in [4.69, 9.17) is 0 Å². The topological polar surface area (TPSA) is 60.8 Å². The van der Waals surface area contributed by atoms with Crippen LogP contribution in [0.3, 0.4) is 0 Å². The summed E-state index contributed by atoms with van der Waals surface area (Å²) in [5.41, 5.74) is 0.376. The summed E-state index contributed by atoms with van der Waals surface area (Å²) < 4.78 is 0. The molecule has 92 valence electrons. The predicted octanol–water partition coefficient (Wildman–Crippen LogP) is 1.79. The molecule has 0 heterocycles. The Bertz CT molecular complexity index is 427. The van der Waals surface area contributed by atoms with E-state index in [1.165, 1.54) is 18.2 Å². The third-order valence-corrected chi connectivity index (χ3v) is 2.58. The van der Waals surface area contributed by atoms with Gasteiger partial charge in [-0.25, -0.2) is 0 Å². The second-order valence-electron chi connectivity index (χ2n) is 4.07. The Morgan fingerprint density at radius 3 is 2.53 bits per heavy atom. The number of ketones is 1. The van der Waals surface area contributed by atoms with Crippen molar-refractivity contribution in [2.75, 3.05) is 14.1 Å². The molecule has 0 aliphatic carbocycles. The van der Waals surface area contributed by atoms with Crippen LogP contribution in [0, 0.1) is 0 Å². The Morgan fingerprint density at radius 2 is 2.06 bits per heavy atom. The number of aromatic hydroxyl groups is 2. The first kappa shape index (κ1) is 13.3. The highest BCUT2D eigenvalue weighted by atomic mass is 16.3. The van der Waals surface area contributed by atoms with Crippen LogP contribution >= 0.6 is 0 Å². The monoisotopic (exact) mass is 235 g/mol. The number of phenols is 2. The summed E-state index contributed by atoms with van der Waals surface area (Å²) in [6.45, 7) is 3.62. The lowest BCUT2D eigenvalue weighted by Crippen LogP contribution is -2.35. The highest BCUT2D eigenvalue weighted by Gasteiger charge is 2.21. The van der Waals surface area contributed by atoms with Gasteiger partial charge in [0.2, 0.25) is 0 Å². The minimum atomic E-state index is -0.309. The average molecular weight is 235 g/mol. The van der Waals surface area contributed by atoms with Crippen molar-refractivity contribution in [3.63, 3.8) is 0 Å². The van der Waals surface area contributed by atoms with Crippen molar-refractivity contribution in [2.45, 2.75) is 12.5 Å². The summed E-state index contributed by atoms with van der Waals surface area (Å²) in [6, 6.07) is 3.77. The molecule has 2 N–H and O–H groups in total. The van der Waals surface area contributed by atoms with Crippen LogP contribution in [0.25, 0.3) is 0 Å². The molecule has 0 fully saturated rings. The molecule has 0 saturated heterocycles.